The first-order valence-electron chi connectivity index (χ1n) is 7.75. The Morgan fingerprint density at radius 2 is 1.76 bits per heavy atom. The summed E-state index contributed by atoms with van der Waals surface area (Å²) in [4.78, 5) is 27.5. The van der Waals surface area contributed by atoms with Crippen molar-refractivity contribution in [3.63, 3.8) is 0 Å². The number of carboxylic acid groups (broad SMARTS) is 1. The summed E-state index contributed by atoms with van der Waals surface area (Å²) >= 11 is 0. The van der Waals surface area contributed by atoms with Crippen molar-refractivity contribution >= 4 is 11.9 Å². The molecule has 6 nitrogen and oxygen atoms in total. The van der Waals surface area contributed by atoms with Crippen LogP contribution in [0.4, 0.5) is 0 Å². The maximum Gasteiger partial charge on any atom is 0.326 e. The number of carbonyl (C=O) groups is 2. The van der Waals surface area contributed by atoms with Gasteiger partial charge in [-0.2, -0.15) is 0 Å². The quantitative estimate of drug-likeness (QED) is 0.761. The van der Waals surface area contributed by atoms with Crippen LogP contribution >= 0.6 is 0 Å². The molecule has 0 spiro atoms. The molecule has 2 unspecified atom stereocenters. The van der Waals surface area contributed by atoms with Gasteiger partial charge in [-0.3, -0.25) is 9.69 Å². The van der Waals surface area contributed by atoms with Crippen LogP contribution in [-0.2, 0) is 14.3 Å². The molecule has 0 aliphatic carbocycles. The van der Waals surface area contributed by atoms with Gasteiger partial charge >= 0.3 is 5.97 Å². The molecule has 0 aromatic carbocycles. The number of carboxylic acids is 1. The average Bonchev–Trinajstić information content (AvgIpc) is 2.51. The highest BCUT2D eigenvalue weighted by molar-refractivity contribution is 5.86. The van der Waals surface area contributed by atoms with E-state index in [1.807, 2.05) is 0 Å². The van der Waals surface area contributed by atoms with Crippen LogP contribution in [0.25, 0.3) is 0 Å². The number of nitrogens with zero attached hydrogens (tertiary/aromatic N) is 2. The van der Waals surface area contributed by atoms with Crippen LogP contribution in [0.1, 0.15) is 33.6 Å². The third-order valence-electron chi connectivity index (χ3n) is 4.47. The second-order valence-electron chi connectivity index (χ2n) is 5.63. The minimum absolute atomic E-state index is 0.0968. The molecule has 21 heavy (non-hydrogen) atoms. The molecule has 1 aliphatic heterocycles. The molecular formula is C15H28N2O4. The largest absolute Gasteiger partial charge is 0.480 e. The average molecular weight is 300 g/mol. The molecule has 2 atom stereocenters. The molecule has 1 N–H and O–H groups in total. The first kappa shape index (κ1) is 17.9. The van der Waals surface area contributed by atoms with E-state index in [2.05, 4.69) is 18.7 Å². The fourth-order valence-corrected chi connectivity index (χ4v) is 2.81. The van der Waals surface area contributed by atoms with Gasteiger partial charge < -0.3 is 14.7 Å². The van der Waals surface area contributed by atoms with Crippen LogP contribution in [0.5, 0.6) is 0 Å². The van der Waals surface area contributed by atoms with E-state index < -0.39 is 12.0 Å². The van der Waals surface area contributed by atoms with Crippen molar-refractivity contribution < 1.29 is 19.4 Å². The predicted octanol–water partition coefficient (Wildman–Crippen LogP) is 1.05. The van der Waals surface area contributed by atoms with E-state index in [9.17, 15) is 9.59 Å². The summed E-state index contributed by atoms with van der Waals surface area (Å²) in [7, 11) is 1.58. The Balaban J connectivity index is 2.93. The predicted molar refractivity (Wildman–Crippen MR) is 80.1 cm³/mol. The zero-order valence-corrected chi connectivity index (χ0v) is 13.5. The highest BCUT2D eigenvalue weighted by atomic mass is 16.5. The Morgan fingerprint density at radius 3 is 2.19 bits per heavy atom. The lowest BCUT2D eigenvalue weighted by Gasteiger charge is -2.40. The van der Waals surface area contributed by atoms with Crippen molar-refractivity contribution in [2.75, 3.05) is 33.4 Å². The molecule has 122 valence electrons. The SMILES string of the molecule is CCC(CC)C(C(=O)N(C)C(C)C(=O)O)N1CCOCC1. The van der Waals surface area contributed by atoms with E-state index in [1.165, 1.54) is 4.90 Å². The van der Waals surface area contributed by atoms with Crippen LogP contribution in [0.3, 0.4) is 0 Å². The second kappa shape index (κ2) is 8.34. The number of likely N-dealkylation sites (N-methyl/N-ethyl adjacent to an activating group) is 1. The van der Waals surface area contributed by atoms with Crippen molar-refractivity contribution in [2.24, 2.45) is 5.92 Å². The number of hydrogen-bond donors (Lipinski definition) is 1. The molecule has 0 bridgehead atoms. The van der Waals surface area contributed by atoms with Gasteiger partial charge in [-0.15, -0.1) is 0 Å². The van der Waals surface area contributed by atoms with Gasteiger partial charge in [0.2, 0.25) is 5.91 Å². The number of hydrogen-bond acceptors (Lipinski definition) is 4. The third-order valence-corrected chi connectivity index (χ3v) is 4.47. The van der Waals surface area contributed by atoms with E-state index in [4.69, 9.17) is 9.84 Å². The summed E-state index contributed by atoms with van der Waals surface area (Å²) in [6.07, 6.45) is 1.80. The highest BCUT2D eigenvalue weighted by Gasteiger charge is 2.36. The van der Waals surface area contributed by atoms with Gasteiger partial charge in [0.05, 0.1) is 19.3 Å². The van der Waals surface area contributed by atoms with Gasteiger partial charge in [-0.25, -0.2) is 4.79 Å². The summed E-state index contributed by atoms with van der Waals surface area (Å²) in [6.45, 7) is 8.41. The van der Waals surface area contributed by atoms with Gasteiger partial charge in [-0.05, 0) is 12.8 Å². The fourth-order valence-electron chi connectivity index (χ4n) is 2.81. The van der Waals surface area contributed by atoms with Crippen molar-refractivity contribution in [2.45, 2.75) is 45.7 Å². The maximum atomic E-state index is 12.8. The molecule has 0 aromatic heterocycles. The number of amides is 1. The lowest BCUT2D eigenvalue weighted by atomic mass is 9.91. The third kappa shape index (κ3) is 4.41. The lowest BCUT2D eigenvalue weighted by molar-refractivity contribution is -0.152. The maximum absolute atomic E-state index is 12.8. The van der Waals surface area contributed by atoms with Gasteiger partial charge in [0, 0.05) is 20.1 Å². The first-order chi connectivity index (χ1) is 9.93. The summed E-state index contributed by atoms with van der Waals surface area (Å²) < 4.78 is 5.36. The number of carbonyl (C=O) groups excluding carboxylic acids is 1. The monoisotopic (exact) mass is 300 g/mol. The molecule has 0 saturated carbocycles. The Kier molecular flexibility index (Phi) is 7.11. The van der Waals surface area contributed by atoms with E-state index in [0.717, 1.165) is 25.9 Å². The van der Waals surface area contributed by atoms with Gasteiger partial charge in [0.25, 0.3) is 0 Å². The number of ether oxygens (including phenoxy) is 1. The van der Waals surface area contributed by atoms with Crippen molar-refractivity contribution in [1.82, 2.24) is 9.80 Å². The van der Waals surface area contributed by atoms with Crippen LogP contribution in [0.2, 0.25) is 0 Å². The minimum Gasteiger partial charge on any atom is -0.480 e. The standard InChI is InChI=1S/C15H28N2O4/c1-5-12(6-2)13(17-7-9-21-10-8-17)14(18)16(4)11(3)15(19)20/h11-13H,5-10H2,1-4H3,(H,19,20). The molecule has 1 heterocycles. The second-order valence-corrected chi connectivity index (χ2v) is 5.63. The summed E-state index contributed by atoms with van der Waals surface area (Å²) in [5, 5.41) is 9.12. The van der Waals surface area contributed by atoms with E-state index in [0.29, 0.717) is 13.2 Å². The van der Waals surface area contributed by atoms with Gasteiger partial charge in [0.1, 0.15) is 6.04 Å². The van der Waals surface area contributed by atoms with Crippen molar-refractivity contribution in [3.05, 3.63) is 0 Å². The summed E-state index contributed by atoms with van der Waals surface area (Å²) in [5.74, 6) is -0.837. The Hall–Kier alpha value is -1.14. The molecule has 1 saturated heterocycles. The molecule has 0 aromatic rings. The zero-order valence-electron chi connectivity index (χ0n) is 13.5. The first-order valence-corrected chi connectivity index (χ1v) is 7.75. The summed E-state index contributed by atoms with van der Waals surface area (Å²) in [6, 6.07) is -1.06. The van der Waals surface area contributed by atoms with Crippen LogP contribution in [0, 0.1) is 5.92 Å². The van der Waals surface area contributed by atoms with Crippen LogP contribution < -0.4 is 0 Å². The highest BCUT2D eigenvalue weighted by Crippen LogP contribution is 2.22. The van der Waals surface area contributed by atoms with Crippen LogP contribution in [0.15, 0.2) is 0 Å². The van der Waals surface area contributed by atoms with Gasteiger partial charge in [-0.1, -0.05) is 26.7 Å². The Morgan fingerprint density at radius 1 is 1.24 bits per heavy atom. The molecule has 1 rings (SSSR count). The fraction of sp³-hybridized carbons (Fsp3) is 0.867. The smallest absolute Gasteiger partial charge is 0.326 e. The normalized spacial score (nSPS) is 19.3. The lowest BCUT2D eigenvalue weighted by Crippen LogP contribution is -2.56. The van der Waals surface area contributed by atoms with Crippen molar-refractivity contribution in [3.8, 4) is 0 Å². The van der Waals surface area contributed by atoms with Crippen molar-refractivity contribution in [1.29, 1.82) is 0 Å². The Labute approximate surface area is 127 Å². The molecule has 0 radical (unpaired) electrons. The number of aliphatic carboxylic acids is 1. The zero-order chi connectivity index (χ0) is 16.0. The molecule has 1 aliphatic rings. The Bertz CT molecular complexity index is 352. The molecular weight excluding hydrogens is 272 g/mol. The molecule has 1 amide bonds. The van der Waals surface area contributed by atoms with E-state index in [-0.39, 0.29) is 17.9 Å². The molecule has 6 heteroatoms. The number of rotatable bonds is 7. The topological polar surface area (TPSA) is 70.1 Å². The minimum atomic E-state index is -0.976. The van der Waals surface area contributed by atoms with Gasteiger partial charge in [0.15, 0.2) is 0 Å². The summed E-state index contributed by atoms with van der Waals surface area (Å²) in [5.41, 5.74) is 0. The number of morpholine rings is 1. The van der Waals surface area contributed by atoms with Crippen LogP contribution in [-0.4, -0.2) is 72.2 Å². The van der Waals surface area contributed by atoms with E-state index in [1.54, 1.807) is 14.0 Å². The van der Waals surface area contributed by atoms with E-state index >= 15 is 0 Å². The molecule has 1 fully saturated rings.